The number of aryl methyl sites for hydroxylation is 1. The number of aliphatic hydroxyl groups excluding tert-OH is 1. The Morgan fingerprint density at radius 1 is 1.10 bits per heavy atom. The first kappa shape index (κ1) is 14.7. The summed E-state index contributed by atoms with van der Waals surface area (Å²) in [5.74, 6) is -1.59. The molecular weight excluding hydrogens is 270 g/mol. The zero-order valence-electron chi connectivity index (χ0n) is 11.4. The summed E-state index contributed by atoms with van der Waals surface area (Å²) in [6, 6.07) is 13.0. The molecule has 2 aromatic carbocycles. The zero-order valence-corrected chi connectivity index (χ0v) is 11.4. The highest BCUT2D eigenvalue weighted by Gasteiger charge is 2.18. The predicted molar refractivity (Wildman–Crippen MR) is 78.2 cm³/mol. The van der Waals surface area contributed by atoms with E-state index in [2.05, 4.69) is 5.32 Å². The van der Waals surface area contributed by atoms with Crippen LogP contribution in [0.3, 0.4) is 0 Å². The minimum Gasteiger partial charge on any atom is -0.478 e. The van der Waals surface area contributed by atoms with Gasteiger partial charge < -0.3 is 15.5 Å². The third-order valence-electron chi connectivity index (χ3n) is 3.09. The van der Waals surface area contributed by atoms with E-state index in [1.54, 1.807) is 37.3 Å². The van der Waals surface area contributed by atoms with Crippen molar-refractivity contribution >= 4 is 17.6 Å². The van der Waals surface area contributed by atoms with Crippen molar-refractivity contribution in [2.45, 2.75) is 13.0 Å². The van der Waals surface area contributed by atoms with Crippen molar-refractivity contribution in [3.8, 4) is 0 Å². The second-order valence-corrected chi connectivity index (χ2v) is 4.64. The fourth-order valence-corrected chi connectivity index (χ4v) is 1.92. The average Bonchev–Trinajstić information content (AvgIpc) is 2.49. The standard InChI is InChI=1S/C16H15NO4/c1-10-9-12(16(20)21)7-8-13(10)17-15(19)14(18)11-5-3-2-4-6-11/h2-9,14,18H,1H3,(H,17,19)(H,20,21). The number of hydrogen-bond donors (Lipinski definition) is 3. The average molecular weight is 285 g/mol. The minimum absolute atomic E-state index is 0.147. The fraction of sp³-hybridized carbons (Fsp3) is 0.125. The van der Waals surface area contributed by atoms with Gasteiger partial charge in [-0.15, -0.1) is 0 Å². The number of carboxylic acid groups (broad SMARTS) is 1. The van der Waals surface area contributed by atoms with Crippen LogP contribution < -0.4 is 5.32 Å². The maximum absolute atomic E-state index is 12.0. The molecule has 0 aromatic heterocycles. The van der Waals surface area contributed by atoms with E-state index in [0.29, 0.717) is 16.8 Å². The lowest BCUT2D eigenvalue weighted by atomic mass is 10.1. The van der Waals surface area contributed by atoms with Crippen molar-refractivity contribution in [1.29, 1.82) is 0 Å². The van der Waals surface area contributed by atoms with Crippen molar-refractivity contribution in [3.05, 3.63) is 65.2 Å². The molecule has 2 rings (SSSR count). The molecule has 5 nitrogen and oxygen atoms in total. The summed E-state index contributed by atoms with van der Waals surface area (Å²) >= 11 is 0. The molecule has 1 amide bonds. The molecule has 0 bridgehead atoms. The minimum atomic E-state index is -1.27. The van der Waals surface area contributed by atoms with Crippen LogP contribution in [0.4, 0.5) is 5.69 Å². The molecule has 0 saturated carbocycles. The smallest absolute Gasteiger partial charge is 0.335 e. The SMILES string of the molecule is Cc1cc(C(=O)O)ccc1NC(=O)C(O)c1ccccc1. The highest BCUT2D eigenvalue weighted by atomic mass is 16.4. The van der Waals surface area contributed by atoms with E-state index < -0.39 is 18.0 Å². The van der Waals surface area contributed by atoms with Gasteiger partial charge in [0, 0.05) is 5.69 Å². The van der Waals surface area contributed by atoms with Gasteiger partial charge in [0.15, 0.2) is 6.10 Å². The Bertz CT molecular complexity index is 667. The van der Waals surface area contributed by atoms with Crippen LogP contribution in [0.2, 0.25) is 0 Å². The van der Waals surface area contributed by atoms with Crippen LogP contribution in [0.25, 0.3) is 0 Å². The summed E-state index contributed by atoms with van der Waals surface area (Å²) < 4.78 is 0. The van der Waals surface area contributed by atoms with Gasteiger partial charge in [-0.3, -0.25) is 4.79 Å². The first-order chi connectivity index (χ1) is 9.99. The Hall–Kier alpha value is -2.66. The number of nitrogens with one attached hydrogen (secondary N) is 1. The summed E-state index contributed by atoms with van der Waals surface area (Å²) in [7, 11) is 0. The maximum atomic E-state index is 12.0. The quantitative estimate of drug-likeness (QED) is 0.805. The van der Waals surface area contributed by atoms with E-state index in [9.17, 15) is 14.7 Å². The van der Waals surface area contributed by atoms with Gasteiger partial charge in [-0.1, -0.05) is 30.3 Å². The maximum Gasteiger partial charge on any atom is 0.335 e. The number of carbonyl (C=O) groups excluding carboxylic acids is 1. The van der Waals surface area contributed by atoms with E-state index >= 15 is 0 Å². The highest BCUT2D eigenvalue weighted by Crippen LogP contribution is 2.20. The van der Waals surface area contributed by atoms with E-state index in [-0.39, 0.29) is 5.56 Å². The van der Waals surface area contributed by atoms with Crippen molar-refractivity contribution in [2.24, 2.45) is 0 Å². The van der Waals surface area contributed by atoms with Crippen molar-refractivity contribution in [2.75, 3.05) is 5.32 Å². The summed E-state index contributed by atoms with van der Waals surface area (Å²) in [4.78, 5) is 22.9. The van der Waals surface area contributed by atoms with Crippen LogP contribution in [0.1, 0.15) is 27.6 Å². The Labute approximate surface area is 121 Å². The molecule has 0 heterocycles. The molecule has 0 aliphatic rings. The van der Waals surface area contributed by atoms with Gasteiger partial charge >= 0.3 is 5.97 Å². The Balaban J connectivity index is 2.15. The number of hydrogen-bond acceptors (Lipinski definition) is 3. The van der Waals surface area contributed by atoms with Crippen LogP contribution in [-0.2, 0) is 4.79 Å². The Kier molecular flexibility index (Phi) is 4.35. The molecule has 0 spiro atoms. The van der Waals surface area contributed by atoms with Crippen LogP contribution in [0, 0.1) is 6.92 Å². The summed E-state index contributed by atoms with van der Waals surface area (Å²) in [6.45, 7) is 1.69. The molecule has 1 atom stereocenters. The van der Waals surface area contributed by atoms with Gasteiger partial charge in [-0.2, -0.15) is 0 Å². The number of aromatic carboxylic acids is 1. The van der Waals surface area contributed by atoms with Gasteiger partial charge in [0.2, 0.25) is 0 Å². The van der Waals surface area contributed by atoms with Crippen LogP contribution in [-0.4, -0.2) is 22.1 Å². The lowest BCUT2D eigenvalue weighted by molar-refractivity contribution is -0.124. The van der Waals surface area contributed by atoms with Crippen molar-refractivity contribution in [1.82, 2.24) is 0 Å². The van der Waals surface area contributed by atoms with Crippen LogP contribution >= 0.6 is 0 Å². The molecule has 108 valence electrons. The topological polar surface area (TPSA) is 86.6 Å². The van der Waals surface area contributed by atoms with Crippen molar-refractivity contribution < 1.29 is 19.8 Å². The normalized spacial score (nSPS) is 11.7. The number of carbonyl (C=O) groups is 2. The molecule has 0 fully saturated rings. The molecule has 0 aliphatic heterocycles. The molecule has 21 heavy (non-hydrogen) atoms. The molecule has 5 heteroatoms. The van der Waals surface area contributed by atoms with Gasteiger partial charge in [-0.05, 0) is 36.2 Å². The second-order valence-electron chi connectivity index (χ2n) is 4.64. The first-order valence-corrected chi connectivity index (χ1v) is 6.37. The van der Waals surface area contributed by atoms with Gasteiger partial charge in [0.1, 0.15) is 0 Å². The van der Waals surface area contributed by atoms with Gasteiger partial charge in [0.05, 0.1) is 5.56 Å². The third-order valence-corrected chi connectivity index (χ3v) is 3.09. The van der Waals surface area contributed by atoms with Crippen LogP contribution in [0.5, 0.6) is 0 Å². The van der Waals surface area contributed by atoms with Gasteiger partial charge in [-0.25, -0.2) is 4.79 Å². The number of rotatable bonds is 4. The van der Waals surface area contributed by atoms with Crippen LogP contribution in [0.15, 0.2) is 48.5 Å². The first-order valence-electron chi connectivity index (χ1n) is 6.37. The molecule has 2 aromatic rings. The Morgan fingerprint density at radius 3 is 2.33 bits per heavy atom. The largest absolute Gasteiger partial charge is 0.478 e. The molecule has 1 unspecified atom stereocenters. The number of amides is 1. The van der Waals surface area contributed by atoms with E-state index in [1.165, 1.54) is 18.2 Å². The number of benzene rings is 2. The molecule has 3 N–H and O–H groups in total. The van der Waals surface area contributed by atoms with E-state index in [0.717, 1.165) is 0 Å². The molecule has 0 radical (unpaired) electrons. The fourth-order valence-electron chi connectivity index (χ4n) is 1.92. The molecule has 0 aliphatic carbocycles. The monoisotopic (exact) mass is 285 g/mol. The van der Waals surface area contributed by atoms with E-state index in [1.807, 2.05) is 0 Å². The highest BCUT2D eigenvalue weighted by molar-refractivity contribution is 5.96. The van der Waals surface area contributed by atoms with Crippen molar-refractivity contribution in [3.63, 3.8) is 0 Å². The molecule has 0 saturated heterocycles. The summed E-state index contributed by atoms with van der Waals surface area (Å²) in [5, 5.41) is 21.5. The zero-order chi connectivity index (χ0) is 15.4. The van der Waals surface area contributed by atoms with Gasteiger partial charge in [0.25, 0.3) is 5.91 Å². The number of aliphatic hydroxyl groups is 1. The Morgan fingerprint density at radius 2 is 1.76 bits per heavy atom. The lowest BCUT2D eigenvalue weighted by Crippen LogP contribution is -2.21. The third kappa shape index (κ3) is 3.46. The summed E-state index contributed by atoms with van der Waals surface area (Å²) in [6.07, 6.45) is -1.27. The van der Waals surface area contributed by atoms with E-state index in [4.69, 9.17) is 5.11 Å². The molecular formula is C16H15NO4. The lowest BCUT2D eigenvalue weighted by Gasteiger charge is -2.13. The summed E-state index contributed by atoms with van der Waals surface area (Å²) in [5.41, 5.74) is 1.73. The second kappa shape index (κ2) is 6.19. The number of carboxylic acids is 1. The predicted octanol–water partition coefficient (Wildman–Crippen LogP) is 2.37. The number of anilines is 1.